The first-order chi connectivity index (χ1) is 7.19. The van der Waals surface area contributed by atoms with Crippen LogP contribution in [0.15, 0.2) is 23.8 Å². The normalized spacial score (nSPS) is 29.2. The van der Waals surface area contributed by atoms with Gasteiger partial charge in [-0.3, -0.25) is 0 Å². The maximum Gasteiger partial charge on any atom is 0.161 e. The molecule has 0 saturated heterocycles. The van der Waals surface area contributed by atoms with Gasteiger partial charge in [-0.05, 0) is 26.3 Å². The summed E-state index contributed by atoms with van der Waals surface area (Å²) in [5.74, 6) is 0. The smallest absolute Gasteiger partial charge is 0.161 e. The molecule has 1 N–H and O–H groups in total. The molecule has 0 aromatic rings. The zero-order chi connectivity index (χ0) is 11.3. The molecule has 0 radical (unpaired) electrons. The molecule has 0 spiro atoms. The van der Waals surface area contributed by atoms with Gasteiger partial charge in [0, 0.05) is 13.0 Å². The largest absolute Gasteiger partial charge is 0.386 e. The third kappa shape index (κ3) is 3.45. The first-order valence-electron chi connectivity index (χ1n) is 5.43. The van der Waals surface area contributed by atoms with Gasteiger partial charge in [0.05, 0.1) is 0 Å². The second kappa shape index (κ2) is 6.05. The van der Waals surface area contributed by atoms with E-state index in [-0.39, 0.29) is 12.4 Å². The van der Waals surface area contributed by atoms with Crippen LogP contribution in [0.2, 0.25) is 0 Å². The molecule has 0 saturated carbocycles. The Morgan fingerprint density at radius 1 is 1.73 bits per heavy atom. The maximum atomic E-state index is 9.93. The lowest BCUT2D eigenvalue weighted by Gasteiger charge is -2.29. The van der Waals surface area contributed by atoms with Crippen LogP contribution in [0.3, 0.4) is 0 Å². The molecule has 86 valence electrons. The van der Waals surface area contributed by atoms with E-state index in [2.05, 4.69) is 0 Å². The Morgan fingerprint density at radius 3 is 3.07 bits per heavy atom. The van der Waals surface area contributed by atoms with Crippen molar-refractivity contribution in [2.24, 2.45) is 0 Å². The second-order valence-corrected chi connectivity index (χ2v) is 3.63. The molecular weight excluding hydrogens is 192 g/mol. The summed E-state index contributed by atoms with van der Waals surface area (Å²) in [5, 5.41) is 9.93. The topological polar surface area (TPSA) is 38.7 Å². The summed E-state index contributed by atoms with van der Waals surface area (Å²) in [4.78, 5) is 0. The van der Waals surface area contributed by atoms with Crippen molar-refractivity contribution in [2.75, 3.05) is 6.61 Å². The third-order valence-corrected chi connectivity index (χ3v) is 2.55. The average Bonchev–Trinajstić information content (AvgIpc) is 2.28. The lowest BCUT2D eigenvalue weighted by molar-refractivity contribution is -0.176. The minimum atomic E-state index is -0.575. The number of rotatable bonds is 4. The van der Waals surface area contributed by atoms with Crippen LogP contribution in [0.5, 0.6) is 0 Å². The number of allylic oxidation sites excluding steroid dienone is 1. The minimum Gasteiger partial charge on any atom is -0.386 e. The summed E-state index contributed by atoms with van der Waals surface area (Å²) >= 11 is 0. The maximum absolute atomic E-state index is 9.93. The molecule has 0 bridgehead atoms. The summed E-state index contributed by atoms with van der Waals surface area (Å²) in [6.07, 6.45) is 5.47. The van der Waals surface area contributed by atoms with Crippen LogP contribution < -0.4 is 0 Å². The van der Waals surface area contributed by atoms with E-state index >= 15 is 0 Å². The van der Waals surface area contributed by atoms with Gasteiger partial charge in [-0.25, -0.2) is 0 Å². The molecule has 0 amide bonds. The molecule has 1 rings (SSSR count). The molecule has 3 atom stereocenters. The van der Waals surface area contributed by atoms with Crippen molar-refractivity contribution in [3.63, 3.8) is 0 Å². The monoisotopic (exact) mass is 212 g/mol. The molecule has 0 fully saturated rings. The molecule has 3 heteroatoms. The Bertz CT molecular complexity index is 245. The number of aliphatic hydroxyl groups excluding tert-OH is 1. The van der Waals surface area contributed by atoms with Gasteiger partial charge in [-0.2, -0.15) is 0 Å². The molecule has 15 heavy (non-hydrogen) atoms. The van der Waals surface area contributed by atoms with Gasteiger partial charge >= 0.3 is 0 Å². The summed E-state index contributed by atoms with van der Waals surface area (Å²) in [6, 6.07) is 0. The molecule has 0 aromatic carbocycles. The van der Waals surface area contributed by atoms with Crippen LogP contribution in [-0.4, -0.2) is 30.2 Å². The van der Waals surface area contributed by atoms with E-state index in [0.717, 1.165) is 12.0 Å². The fourth-order valence-corrected chi connectivity index (χ4v) is 1.50. The molecule has 3 nitrogen and oxygen atoms in total. The van der Waals surface area contributed by atoms with Crippen molar-refractivity contribution < 1.29 is 14.6 Å². The average molecular weight is 212 g/mol. The fraction of sp³-hybridized carbons (Fsp3) is 0.667. The van der Waals surface area contributed by atoms with Crippen molar-refractivity contribution in [2.45, 2.75) is 45.7 Å². The highest BCUT2D eigenvalue weighted by molar-refractivity contribution is 5.11. The summed E-state index contributed by atoms with van der Waals surface area (Å²) in [6.45, 7) is 6.37. The Balaban J connectivity index is 2.56. The third-order valence-electron chi connectivity index (χ3n) is 2.55. The van der Waals surface area contributed by atoms with Gasteiger partial charge in [0.2, 0.25) is 0 Å². The van der Waals surface area contributed by atoms with Crippen LogP contribution in [0.4, 0.5) is 0 Å². The first kappa shape index (κ1) is 12.4. The van der Waals surface area contributed by atoms with Crippen molar-refractivity contribution in [3.05, 3.63) is 23.8 Å². The summed E-state index contributed by atoms with van der Waals surface area (Å²) in [5.41, 5.74) is 0.918. The van der Waals surface area contributed by atoms with Crippen LogP contribution in [0.25, 0.3) is 0 Å². The lowest BCUT2D eigenvalue weighted by Crippen LogP contribution is -2.35. The predicted octanol–water partition coefficient (Wildman–Crippen LogP) is 2.02. The van der Waals surface area contributed by atoms with Crippen molar-refractivity contribution in [1.29, 1.82) is 0 Å². The predicted molar refractivity (Wildman–Crippen MR) is 59.5 cm³/mol. The zero-order valence-electron chi connectivity index (χ0n) is 9.64. The number of hydrogen-bond acceptors (Lipinski definition) is 3. The molecule has 1 aliphatic rings. The van der Waals surface area contributed by atoms with Crippen LogP contribution in [0.1, 0.15) is 27.2 Å². The van der Waals surface area contributed by atoms with Gasteiger partial charge in [0.1, 0.15) is 12.2 Å². The van der Waals surface area contributed by atoms with Gasteiger partial charge in [-0.15, -0.1) is 0 Å². The van der Waals surface area contributed by atoms with Gasteiger partial charge < -0.3 is 14.6 Å². The highest BCUT2D eigenvalue weighted by Crippen LogP contribution is 2.19. The van der Waals surface area contributed by atoms with Crippen molar-refractivity contribution in [3.8, 4) is 0 Å². The molecular formula is C12H20O3. The fourth-order valence-electron chi connectivity index (χ4n) is 1.50. The number of ether oxygens (including phenoxy) is 2. The number of aliphatic hydroxyl groups is 1. The van der Waals surface area contributed by atoms with E-state index in [1.807, 2.05) is 39.0 Å². The zero-order valence-corrected chi connectivity index (χ0v) is 9.64. The highest BCUT2D eigenvalue weighted by Gasteiger charge is 2.25. The van der Waals surface area contributed by atoms with E-state index in [0.29, 0.717) is 6.61 Å². The molecule has 1 heterocycles. The van der Waals surface area contributed by atoms with E-state index in [1.165, 1.54) is 0 Å². The highest BCUT2D eigenvalue weighted by atomic mass is 16.7. The number of hydrogen-bond donors (Lipinski definition) is 1. The van der Waals surface area contributed by atoms with E-state index in [4.69, 9.17) is 9.47 Å². The Morgan fingerprint density at radius 2 is 2.47 bits per heavy atom. The first-order valence-corrected chi connectivity index (χ1v) is 5.43. The van der Waals surface area contributed by atoms with Gasteiger partial charge in [0.25, 0.3) is 0 Å². The molecule has 1 aliphatic heterocycles. The van der Waals surface area contributed by atoms with E-state index < -0.39 is 6.10 Å². The minimum absolute atomic E-state index is 0.218. The second-order valence-electron chi connectivity index (χ2n) is 3.63. The quantitative estimate of drug-likeness (QED) is 0.725. The molecule has 0 aromatic heterocycles. The van der Waals surface area contributed by atoms with Crippen LogP contribution in [-0.2, 0) is 9.47 Å². The lowest BCUT2D eigenvalue weighted by atomic mass is 10.0. The molecule has 0 unspecified atom stereocenters. The molecule has 0 aliphatic carbocycles. The Kier molecular flexibility index (Phi) is 5.02. The van der Waals surface area contributed by atoms with Gasteiger partial charge in [-0.1, -0.05) is 18.2 Å². The Hall–Kier alpha value is -0.640. The van der Waals surface area contributed by atoms with E-state index in [9.17, 15) is 5.11 Å². The summed E-state index contributed by atoms with van der Waals surface area (Å²) < 4.78 is 11.0. The van der Waals surface area contributed by atoms with Crippen LogP contribution in [0, 0.1) is 0 Å². The van der Waals surface area contributed by atoms with Gasteiger partial charge in [0.15, 0.2) is 6.29 Å². The van der Waals surface area contributed by atoms with E-state index in [1.54, 1.807) is 0 Å². The van der Waals surface area contributed by atoms with Crippen molar-refractivity contribution in [1.82, 2.24) is 0 Å². The standard InChI is InChI=1S/C12H20O3/c1-4-9(3)12(13)10-7-6-8-11(15-10)14-5-2/h4,6-7,10-13H,5,8H2,1-3H3/b9-4+/t10-,11+,12-/m1/s1. The van der Waals surface area contributed by atoms with Crippen molar-refractivity contribution >= 4 is 0 Å². The summed E-state index contributed by atoms with van der Waals surface area (Å²) in [7, 11) is 0. The van der Waals surface area contributed by atoms with Crippen LogP contribution >= 0.6 is 0 Å². The SMILES string of the molecule is C/C=C(\C)[C@@H](O)[C@H]1C=CC[C@@H](OCC)O1. The Labute approximate surface area is 91.4 Å².